The molecule has 3 rings (SSSR count). The van der Waals surface area contributed by atoms with Crippen molar-refractivity contribution in [3.8, 4) is 11.5 Å². The normalized spacial score (nSPS) is 12.0. The molecule has 0 aliphatic rings. The van der Waals surface area contributed by atoms with Gasteiger partial charge in [-0.25, -0.2) is 0 Å². The first-order chi connectivity index (χ1) is 14.2. The molecule has 0 bridgehead atoms. The van der Waals surface area contributed by atoms with Crippen LogP contribution in [0.15, 0.2) is 48.7 Å². The van der Waals surface area contributed by atoms with Gasteiger partial charge < -0.3 is 19.8 Å². The number of benzene rings is 2. The molecule has 0 aliphatic heterocycles. The molecular weight excluding hydrogens is 364 g/mol. The van der Waals surface area contributed by atoms with Gasteiger partial charge >= 0.3 is 0 Å². The van der Waals surface area contributed by atoms with Gasteiger partial charge in [0.1, 0.15) is 11.5 Å². The minimum atomic E-state index is -0.110. The zero-order valence-corrected chi connectivity index (χ0v) is 17.5. The van der Waals surface area contributed by atoms with Crippen LogP contribution in [0.1, 0.15) is 49.7 Å². The molecule has 0 saturated carbocycles. The number of aromatic amines is 1. The molecule has 2 N–H and O–H groups in total. The Kier molecular flexibility index (Phi) is 7.17. The Morgan fingerprint density at radius 3 is 2.48 bits per heavy atom. The number of unbranched alkanes of at least 4 members (excludes halogenated alkanes) is 2. The predicted molar refractivity (Wildman–Crippen MR) is 117 cm³/mol. The molecular formula is C24H30N2O3. The molecule has 2 aromatic carbocycles. The fraction of sp³-hybridized carbons (Fsp3) is 0.375. The summed E-state index contributed by atoms with van der Waals surface area (Å²) in [7, 11) is 3.28. The second kappa shape index (κ2) is 10.0. The lowest BCUT2D eigenvalue weighted by atomic mass is 9.87. The topological polar surface area (TPSA) is 63.4 Å². The number of hydrogen-bond acceptors (Lipinski definition) is 3. The van der Waals surface area contributed by atoms with E-state index in [0.29, 0.717) is 24.5 Å². The van der Waals surface area contributed by atoms with Gasteiger partial charge in [-0.2, -0.15) is 0 Å². The quantitative estimate of drug-likeness (QED) is 0.475. The highest BCUT2D eigenvalue weighted by molar-refractivity contribution is 5.86. The van der Waals surface area contributed by atoms with Crippen LogP contribution in [-0.4, -0.2) is 31.7 Å². The van der Waals surface area contributed by atoms with Crippen molar-refractivity contribution in [3.05, 3.63) is 59.8 Å². The van der Waals surface area contributed by atoms with Gasteiger partial charge in [-0.3, -0.25) is 4.79 Å². The van der Waals surface area contributed by atoms with E-state index in [2.05, 4.69) is 23.3 Å². The van der Waals surface area contributed by atoms with E-state index in [4.69, 9.17) is 9.47 Å². The number of H-pyrrole nitrogens is 1. The minimum absolute atomic E-state index is 0.0539. The third kappa shape index (κ3) is 5.11. The first-order valence-electron chi connectivity index (χ1n) is 10.2. The van der Waals surface area contributed by atoms with Gasteiger partial charge in [0.25, 0.3) is 0 Å². The molecule has 0 saturated heterocycles. The van der Waals surface area contributed by atoms with Crippen LogP contribution in [0, 0.1) is 0 Å². The van der Waals surface area contributed by atoms with Crippen LogP contribution in [0.4, 0.5) is 0 Å². The molecule has 0 aliphatic carbocycles. The molecule has 0 spiro atoms. The highest BCUT2D eigenvalue weighted by Gasteiger charge is 2.22. The Morgan fingerprint density at radius 2 is 1.79 bits per heavy atom. The smallest absolute Gasteiger partial charge is 0.220 e. The third-order valence-electron chi connectivity index (χ3n) is 5.26. The number of aromatic nitrogens is 1. The fourth-order valence-corrected chi connectivity index (χ4v) is 3.68. The number of para-hydroxylation sites is 1. The molecule has 1 atom stereocenters. The second-order valence-corrected chi connectivity index (χ2v) is 7.25. The Hall–Kier alpha value is -2.95. The van der Waals surface area contributed by atoms with Crippen molar-refractivity contribution in [1.29, 1.82) is 0 Å². The van der Waals surface area contributed by atoms with E-state index in [-0.39, 0.29) is 11.8 Å². The molecule has 1 unspecified atom stereocenters. The summed E-state index contributed by atoms with van der Waals surface area (Å²) in [4.78, 5) is 16.1. The van der Waals surface area contributed by atoms with Crippen molar-refractivity contribution in [2.45, 2.75) is 38.5 Å². The number of ether oxygens (including phenoxy) is 2. The molecule has 0 radical (unpaired) electrons. The zero-order valence-electron chi connectivity index (χ0n) is 17.5. The largest absolute Gasteiger partial charge is 0.497 e. The van der Waals surface area contributed by atoms with Gasteiger partial charge in [-0.1, -0.05) is 38.0 Å². The van der Waals surface area contributed by atoms with E-state index in [1.807, 2.05) is 42.6 Å². The summed E-state index contributed by atoms with van der Waals surface area (Å²) in [5.74, 6) is 1.37. The van der Waals surface area contributed by atoms with Crippen LogP contribution >= 0.6 is 0 Å². The number of carbonyl (C=O) groups excluding carboxylic acids is 1. The number of methoxy groups -OCH3 is 2. The number of hydrogen-bond donors (Lipinski definition) is 2. The lowest BCUT2D eigenvalue weighted by molar-refractivity contribution is -0.121. The van der Waals surface area contributed by atoms with Crippen LogP contribution in [0.5, 0.6) is 11.5 Å². The van der Waals surface area contributed by atoms with Gasteiger partial charge in [-0.05, 0) is 35.7 Å². The molecule has 5 nitrogen and oxygen atoms in total. The van der Waals surface area contributed by atoms with E-state index in [9.17, 15) is 4.79 Å². The van der Waals surface area contributed by atoms with E-state index in [0.717, 1.165) is 41.3 Å². The van der Waals surface area contributed by atoms with E-state index in [1.54, 1.807) is 14.2 Å². The van der Waals surface area contributed by atoms with Crippen LogP contribution in [0.3, 0.4) is 0 Å². The highest BCUT2D eigenvalue weighted by Crippen LogP contribution is 2.36. The van der Waals surface area contributed by atoms with Crippen LogP contribution < -0.4 is 14.8 Å². The SMILES string of the molecule is CCCCCNC(=O)CC(c1cc(OC)cc(OC)c1)c1c[nH]c2ccccc12. The Morgan fingerprint density at radius 1 is 1.07 bits per heavy atom. The maximum atomic E-state index is 12.7. The van der Waals surface area contributed by atoms with Gasteiger partial charge in [-0.15, -0.1) is 0 Å². The van der Waals surface area contributed by atoms with Gasteiger partial charge in [0.15, 0.2) is 0 Å². The van der Waals surface area contributed by atoms with E-state index < -0.39 is 0 Å². The average molecular weight is 395 g/mol. The summed E-state index contributed by atoms with van der Waals surface area (Å²) in [5.41, 5.74) is 3.15. The standard InChI is InChI=1S/C24H30N2O3/c1-4-5-8-11-25-24(27)15-21(17-12-18(28-2)14-19(13-17)29-3)22-16-26-23-10-7-6-9-20(22)23/h6-7,9-10,12-14,16,21,26H,4-5,8,11,15H2,1-3H3,(H,25,27). The van der Waals surface area contributed by atoms with E-state index in [1.165, 1.54) is 0 Å². The predicted octanol–water partition coefficient (Wildman–Crippen LogP) is 5.01. The van der Waals surface area contributed by atoms with Crippen molar-refractivity contribution < 1.29 is 14.3 Å². The van der Waals surface area contributed by atoms with Crippen LogP contribution in [0.2, 0.25) is 0 Å². The first kappa shape index (κ1) is 20.8. The van der Waals surface area contributed by atoms with E-state index >= 15 is 0 Å². The second-order valence-electron chi connectivity index (χ2n) is 7.25. The molecule has 1 aromatic heterocycles. The molecule has 1 amide bonds. The maximum absolute atomic E-state index is 12.7. The summed E-state index contributed by atoms with van der Waals surface area (Å²) < 4.78 is 10.9. The summed E-state index contributed by atoms with van der Waals surface area (Å²) in [6, 6.07) is 14.0. The number of fused-ring (bicyclic) bond motifs is 1. The number of carbonyl (C=O) groups is 1. The van der Waals surface area contributed by atoms with Gasteiger partial charge in [0.05, 0.1) is 14.2 Å². The lowest BCUT2D eigenvalue weighted by Crippen LogP contribution is -2.26. The Balaban J connectivity index is 1.95. The zero-order chi connectivity index (χ0) is 20.6. The molecule has 5 heteroatoms. The monoisotopic (exact) mass is 394 g/mol. The van der Waals surface area contributed by atoms with Crippen LogP contribution in [-0.2, 0) is 4.79 Å². The fourth-order valence-electron chi connectivity index (χ4n) is 3.68. The Bertz CT molecular complexity index is 926. The van der Waals surface area contributed by atoms with Gasteiger partial charge in [0, 0.05) is 42.0 Å². The summed E-state index contributed by atoms with van der Waals surface area (Å²) >= 11 is 0. The average Bonchev–Trinajstić information content (AvgIpc) is 3.18. The summed E-state index contributed by atoms with van der Waals surface area (Å²) in [6.07, 6.45) is 5.64. The lowest BCUT2D eigenvalue weighted by Gasteiger charge is -2.19. The summed E-state index contributed by atoms with van der Waals surface area (Å²) in [5, 5.41) is 4.20. The Labute approximate surface area is 172 Å². The molecule has 29 heavy (non-hydrogen) atoms. The number of nitrogens with one attached hydrogen (secondary N) is 2. The molecule has 1 heterocycles. The minimum Gasteiger partial charge on any atom is -0.497 e. The summed E-state index contributed by atoms with van der Waals surface area (Å²) in [6.45, 7) is 2.87. The third-order valence-corrected chi connectivity index (χ3v) is 5.26. The molecule has 0 fully saturated rings. The van der Waals surface area contributed by atoms with Crippen molar-refractivity contribution in [1.82, 2.24) is 10.3 Å². The maximum Gasteiger partial charge on any atom is 0.220 e. The highest BCUT2D eigenvalue weighted by atomic mass is 16.5. The first-order valence-corrected chi connectivity index (χ1v) is 10.2. The van der Waals surface area contributed by atoms with Crippen molar-refractivity contribution in [3.63, 3.8) is 0 Å². The van der Waals surface area contributed by atoms with Crippen molar-refractivity contribution in [2.24, 2.45) is 0 Å². The number of rotatable bonds is 10. The molecule has 3 aromatic rings. The van der Waals surface area contributed by atoms with Gasteiger partial charge in [0.2, 0.25) is 5.91 Å². The van der Waals surface area contributed by atoms with Crippen LogP contribution in [0.25, 0.3) is 10.9 Å². The van der Waals surface area contributed by atoms with Crippen molar-refractivity contribution in [2.75, 3.05) is 20.8 Å². The van der Waals surface area contributed by atoms with Crippen molar-refractivity contribution >= 4 is 16.8 Å². The number of amides is 1. The molecule has 154 valence electrons.